The largest absolute Gasteiger partial charge is 0.508 e. The lowest BCUT2D eigenvalue weighted by molar-refractivity contribution is -0.124. The Morgan fingerprint density at radius 1 is 1.23 bits per heavy atom. The molecule has 0 saturated carbocycles. The van der Waals surface area contributed by atoms with Gasteiger partial charge in [-0.15, -0.1) is 6.42 Å². The van der Waals surface area contributed by atoms with Crippen molar-refractivity contribution < 1.29 is 19.1 Å². The summed E-state index contributed by atoms with van der Waals surface area (Å²) >= 11 is 0. The lowest BCUT2D eigenvalue weighted by Crippen LogP contribution is -2.47. The summed E-state index contributed by atoms with van der Waals surface area (Å²) in [6, 6.07) is 5.48. The number of aromatic nitrogens is 1. The maximum Gasteiger partial charge on any atom is 0.172 e. The van der Waals surface area contributed by atoms with E-state index in [1.54, 1.807) is 7.05 Å². The Kier molecular flexibility index (Phi) is 6.09. The molecule has 2 saturated heterocycles. The predicted octanol–water partition coefficient (Wildman–Crippen LogP) is 4.73. The zero-order valence-corrected chi connectivity index (χ0v) is 19.6. The summed E-state index contributed by atoms with van der Waals surface area (Å²) in [6.07, 6.45) is 11.4. The fourth-order valence-electron chi connectivity index (χ4n) is 5.93. The minimum absolute atomic E-state index is 0.0172. The van der Waals surface area contributed by atoms with Gasteiger partial charge in [0.15, 0.2) is 5.82 Å². The van der Waals surface area contributed by atoms with Gasteiger partial charge in [0.1, 0.15) is 17.3 Å². The van der Waals surface area contributed by atoms with E-state index in [0.29, 0.717) is 22.9 Å². The van der Waals surface area contributed by atoms with Crippen molar-refractivity contribution in [2.75, 3.05) is 32.0 Å². The third kappa shape index (κ3) is 4.00. The fraction of sp³-hybridized carbons (Fsp3) is 0.370. The third-order valence-electron chi connectivity index (χ3n) is 7.44. The van der Waals surface area contributed by atoms with Gasteiger partial charge in [-0.3, -0.25) is 9.88 Å². The number of pyridine rings is 1. The second kappa shape index (κ2) is 9.08. The number of hydrogen-bond acceptors (Lipinski definition) is 6. The Hall–Kier alpha value is -3.25. The number of aromatic hydroxyl groups is 1. The van der Waals surface area contributed by atoms with E-state index >= 15 is 4.39 Å². The van der Waals surface area contributed by atoms with Gasteiger partial charge >= 0.3 is 0 Å². The summed E-state index contributed by atoms with van der Waals surface area (Å²) in [4.78, 5) is 6.79. The highest BCUT2D eigenvalue weighted by atomic mass is 19.1. The number of fused-ring (bicyclic) bond motifs is 2. The number of nitrogens with one attached hydrogen (secondary N) is 1. The number of terminal acetylenes is 1. The number of halogens is 2. The number of anilines is 1. The zero-order valence-electron chi connectivity index (χ0n) is 19.6. The highest BCUT2D eigenvalue weighted by Gasteiger charge is 2.45. The zero-order chi connectivity index (χ0) is 24.7. The average molecular weight is 479 g/mol. The molecule has 0 aliphatic carbocycles. The summed E-state index contributed by atoms with van der Waals surface area (Å²) < 4.78 is 30.3. The van der Waals surface area contributed by atoms with Crippen molar-refractivity contribution in [1.82, 2.24) is 14.9 Å². The number of benzene rings is 2. The normalized spacial score (nSPS) is 17.1. The first-order valence-corrected chi connectivity index (χ1v) is 11.8. The first-order chi connectivity index (χ1) is 16.9. The van der Waals surface area contributed by atoms with Crippen molar-refractivity contribution in [2.45, 2.75) is 37.8 Å². The molecule has 0 amide bonds. The van der Waals surface area contributed by atoms with Crippen LogP contribution in [0.3, 0.4) is 0 Å². The standard InChI is InChI=1S/C27H28F2N4O2/c1-3-20-22(28)7-6-17-12-19(34)13-21(23(17)20)26-24(29)25(30-2)18(14-31-26)15-33(35)16-27-8-4-10-32(27)11-5-9-27/h1,6-7,12-14,34-35H,4-5,8-11,15-16H2,2H3,(H,30,31). The Labute approximate surface area is 203 Å². The molecule has 3 heterocycles. The number of phenolic OH excluding ortho intramolecular Hbond substituents is 1. The summed E-state index contributed by atoms with van der Waals surface area (Å²) in [5, 5.41) is 26.0. The molecule has 0 radical (unpaired) electrons. The van der Waals surface area contributed by atoms with Crippen LogP contribution < -0.4 is 5.32 Å². The Bertz CT molecular complexity index is 1330. The Balaban J connectivity index is 1.52. The average Bonchev–Trinajstić information content (AvgIpc) is 3.39. The fourth-order valence-corrected chi connectivity index (χ4v) is 5.93. The van der Waals surface area contributed by atoms with Crippen LogP contribution in [0.15, 0.2) is 30.5 Å². The molecule has 0 spiro atoms. The quantitative estimate of drug-likeness (QED) is 0.352. The minimum Gasteiger partial charge on any atom is -0.508 e. The number of nitrogens with zero attached hydrogens (tertiary/aromatic N) is 3. The summed E-state index contributed by atoms with van der Waals surface area (Å²) in [7, 11) is 1.59. The molecular formula is C27H28F2N4O2. The molecule has 0 bridgehead atoms. The van der Waals surface area contributed by atoms with Gasteiger partial charge < -0.3 is 15.6 Å². The number of hydrogen-bond donors (Lipinski definition) is 3. The van der Waals surface area contributed by atoms with Gasteiger partial charge in [-0.25, -0.2) is 8.78 Å². The van der Waals surface area contributed by atoms with E-state index in [9.17, 15) is 14.7 Å². The van der Waals surface area contributed by atoms with Crippen molar-refractivity contribution in [1.29, 1.82) is 0 Å². The number of rotatable bonds is 6. The van der Waals surface area contributed by atoms with E-state index in [0.717, 1.165) is 38.8 Å². The summed E-state index contributed by atoms with van der Waals surface area (Å²) in [5.41, 5.74) is 0.755. The maximum absolute atomic E-state index is 15.8. The van der Waals surface area contributed by atoms with Gasteiger partial charge in [0.05, 0.1) is 17.8 Å². The van der Waals surface area contributed by atoms with E-state index in [-0.39, 0.29) is 40.3 Å². The lowest BCUT2D eigenvalue weighted by Gasteiger charge is -2.35. The molecule has 5 rings (SSSR count). The van der Waals surface area contributed by atoms with E-state index in [1.807, 2.05) is 0 Å². The highest BCUT2D eigenvalue weighted by Crippen LogP contribution is 2.40. The van der Waals surface area contributed by atoms with Crippen LogP contribution in [0.2, 0.25) is 0 Å². The predicted molar refractivity (Wildman–Crippen MR) is 131 cm³/mol. The first kappa shape index (κ1) is 23.5. The van der Waals surface area contributed by atoms with Crippen molar-refractivity contribution >= 4 is 16.5 Å². The molecular weight excluding hydrogens is 450 g/mol. The second-order valence-electron chi connectivity index (χ2n) is 9.47. The summed E-state index contributed by atoms with van der Waals surface area (Å²) in [6.45, 7) is 2.69. The van der Waals surface area contributed by atoms with Crippen molar-refractivity contribution in [3.8, 4) is 29.4 Å². The molecule has 182 valence electrons. The molecule has 6 nitrogen and oxygen atoms in total. The van der Waals surface area contributed by atoms with Crippen LogP contribution in [0.25, 0.3) is 22.0 Å². The second-order valence-corrected chi connectivity index (χ2v) is 9.47. The van der Waals surface area contributed by atoms with Gasteiger partial charge in [-0.05, 0) is 62.4 Å². The molecule has 2 aromatic carbocycles. The minimum atomic E-state index is -0.668. The van der Waals surface area contributed by atoms with Gasteiger partial charge in [0.25, 0.3) is 0 Å². The third-order valence-corrected chi connectivity index (χ3v) is 7.44. The molecule has 2 aliphatic heterocycles. The van der Waals surface area contributed by atoms with E-state index in [2.05, 4.69) is 21.1 Å². The van der Waals surface area contributed by atoms with E-state index < -0.39 is 11.6 Å². The molecule has 3 N–H and O–H groups in total. The summed E-state index contributed by atoms with van der Waals surface area (Å²) in [5.74, 6) is 0.947. The molecule has 3 aromatic rings. The SMILES string of the molecule is C#Cc1c(F)ccc2cc(O)cc(-c3ncc(CN(O)CC45CCCN4CCC5)c(NC)c3F)c12. The Morgan fingerprint density at radius 2 is 1.97 bits per heavy atom. The molecule has 1 aromatic heterocycles. The molecule has 8 heteroatoms. The van der Waals surface area contributed by atoms with Crippen LogP contribution in [0.5, 0.6) is 5.75 Å². The maximum atomic E-state index is 15.8. The molecule has 0 unspecified atom stereocenters. The smallest absolute Gasteiger partial charge is 0.172 e. The molecule has 2 fully saturated rings. The van der Waals surface area contributed by atoms with Crippen LogP contribution in [0, 0.1) is 24.0 Å². The van der Waals surface area contributed by atoms with Crippen molar-refractivity contribution in [3.63, 3.8) is 0 Å². The van der Waals surface area contributed by atoms with Crippen LogP contribution in [0.4, 0.5) is 14.5 Å². The van der Waals surface area contributed by atoms with E-state index in [1.165, 1.54) is 35.5 Å². The lowest BCUT2D eigenvalue weighted by atomic mass is 9.93. The van der Waals surface area contributed by atoms with Crippen LogP contribution in [0.1, 0.15) is 36.8 Å². The molecule has 2 aliphatic rings. The van der Waals surface area contributed by atoms with Crippen molar-refractivity contribution in [3.05, 3.63) is 53.2 Å². The number of hydroxylamine groups is 2. The van der Waals surface area contributed by atoms with Crippen LogP contribution in [-0.2, 0) is 6.54 Å². The van der Waals surface area contributed by atoms with Crippen LogP contribution >= 0.6 is 0 Å². The van der Waals surface area contributed by atoms with Gasteiger partial charge in [-0.1, -0.05) is 12.0 Å². The van der Waals surface area contributed by atoms with E-state index in [4.69, 9.17) is 6.42 Å². The Morgan fingerprint density at radius 3 is 2.66 bits per heavy atom. The molecule has 35 heavy (non-hydrogen) atoms. The van der Waals surface area contributed by atoms with Crippen LogP contribution in [-0.4, -0.2) is 57.5 Å². The number of phenols is 1. The van der Waals surface area contributed by atoms with Gasteiger partial charge in [0, 0.05) is 41.8 Å². The topological polar surface area (TPSA) is 71.9 Å². The van der Waals surface area contributed by atoms with Gasteiger partial charge in [-0.2, -0.15) is 5.06 Å². The molecule has 0 atom stereocenters. The van der Waals surface area contributed by atoms with Crippen molar-refractivity contribution in [2.24, 2.45) is 0 Å². The monoisotopic (exact) mass is 478 g/mol. The first-order valence-electron chi connectivity index (χ1n) is 11.8. The highest BCUT2D eigenvalue weighted by molar-refractivity contribution is 6.01. The van der Waals surface area contributed by atoms with Gasteiger partial charge in [0.2, 0.25) is 0 Å².